The van der Waals surface area contributed by atoms with Crippen molar-refractivity contribution in [1.82, 2.24) is 0 Å². The number of esters is 1. The van der Waals surface area contributed by atoms with Crippen LogP contribution in [0.1, 0.15) is 18.6 Å². The summed E-state index contributed by atoms with van der Waals surface area (Å²) in [4.78, 5) is 12.4. The smallest absolute Gasteiger partial charge is 0.333 e. The first-order chi connectivity index (χ1) is 17.6. The van der Waals surface area contributed by atoms with E-state index in [-0.39, 0.29) is 6.61 Å². The molecule has 1 unspecified atom stereocenters. The molecule has 0 bridgehead atoms. The topological polar surface area (TPSA) is 44.8 Å². The largest absolute Gasteiger partial charge is 0.488 e. The third kappa shape index (κ3) is 5.08. The summed E-state index contributed by atoms with van der Waals surface area (Å²) in [7, 11) is 0. The summed E-state index contributed by atoms with van der Waals surface area (Å²) in [6, 6.07) is 35.5. The van der Waals surface area contributed by atoms with Crippen molar-refractivity contribution in [2.75, 3.05) is 6.61 Å². The minimum Gasteiger partial charge on any atom is -0.488 e. The van der Waals surface area contributed by atoms with Crippen molar-refractivity contribution in [3.63, 3.8) is 0 Å². The lowest BCUT2D eigenvalue weighted by Gasteiger charge is -2.21. The van der Waals surface area contributed by atoms with E-state index in [1.807, 2.05) is 97.1 Å². The molecule has 0 aromatic heterocycles. The molecule has 0 spiro atoms. The van der Waals surface area contributed by atoms with Crippen molar-refractivity contribution in [2.45, 2.75) is 13.0 Å². The Kier molecular flexibility index (Phi) is 6.67. The fourth-order valence-electron chi connectivity index (χ4n) is 4.10. The second-order valence-electron chi connectivity index (χ2n) is 8.62. The van der Waals surface area contributed by atoms with Crippen molar-refractivity contribution < 1.29 is 19.0 Å². The first-order valence-electron chi connectivity index (χ1n) is 11.8. The van der Waals surface area contributed by atoms with Gasteiger partial charge in [0.15, 0.2) is 6.10 Å². The standard InChI is InChI=1S/C32H26O4/c1-22(2)32(33)36-30(23-11-5-3-6-12-23)21-34-31-28-16-10-9-13-24(28)19-25-17-18-27(20-29(25)31)35-26-14-7-4-8-15-26/h3-20,30H,1,21H2,2H3. The van der Waals surface area contributed by atoms with E-state index >= 15 is 0 Å². The van der Waals surface area contributed by atoms with Crippen molar-refractivity contribution in [3.05, 3.63) is 127 Å². The molecule has 0 aliphatic carbocycles. The predicted molar refractivity (Wildman–Crippen MR) is 144 cm³/mol. The Bertz CT molecular complexity index is 1520. The number of carbonyl (C=O) groups excluding carboxylic acids is 1. The Labute approximate surface area is 210 Å². The highest BCUT2D eigenvalue weighted by Gasteiger charge is 2.20. The summed E-state index contributed by atoms with van der Waals surface area (Å²) >= 11 is 0. The van der Waals surface area contributed by atoms with Gasteiger partial charge >= 0.3 is 5.97 Å². The number of hydrogen-bond acceptors (Lipinski definition) is 4. The first kappa shape index (κ1) is 23.2. The number of carbonyl (C=O) groups is 1. The Balaban J connectivity index is 1.54. The van der Waals surface area contributed by atoms with E-state index in [0.29, 0.717) is 17.1 Å². The van der Waals surface area contributed by atoms with E-state index in [9.17, 15) is 4.79 Å². The van der Waals surface area contributed by atoms with Gasteiger partial charge in [-0.15, -0.1) is 0 Å². The molecule has 0 amide bonds. The molecule has 0 aliphatic rings. The summed E-state index contributed by atoms with van der Waals surface area (Å²) < 4.78 is 18.3. The number of para-hydroxylation sites is 1. The highest BCUT2D eigenvalue weighted by molar-refractivity contribution is 6.05. The molecule has 0 saturated carbocycles. The van der Waals surface area contributed by atoms with E-state index in [4.69, 9.17) is 14.2 Å². The van der Waals surface area contributed by atoms with Gasteiger partial charge in [-0.25, -0.2) is 4.79 Å². The average molecular weight is 475 g/mol. The van der Waals surface area contributed by atoms with Crippen LogP contribution < -0.4 is 9.47 Å². The maximum absolute atomic E-state index is 12.4. The van der Waals surface area contributed by atoms with E-state index < -0.39 is 12.1 Å². The second kappa shape index (κ2) is 10.4. The molecule has 36 heavy (non-hydrogen) atoms. The van der Waals surface area contributed by atoms with E-state index in [1.54, 1.807) is 6.92 Å². The molecule has 0 heterocycles. The molecule has 0 N–H and O–H groups in total. The van der Waals surface area contributed by atoms with E-state index in [1.165, 1.54) is 0 Å². The minimum atomic E-state index is -0.590. The molecule has 4 nitrogen and oxygen atoms in total. The number of hydrogen-bond donors (Lipinski definition) is 0. The van der Waals surface area contributed by atoms with Gasteiger partial charge in [0.05, 0.1) is 0 Å². The Hall–Kier alpha value is -4.57. The zero-order valence-electron chi connectivity index (χ0n) is 20.0. The average Bonchev–Trinajstić information content (AvgIpc) is 2.91. The minimum absolute atomic E-state index is 0.149. The number of rotatable bonds is 8. The molecule has 0 radical (unpaired) electrons. The number of benzene rings is 5. The van der Waals surface area contributed by atoms with Crippen LogP contribution in [0.3, 0.4) is 0 Å². The SMILES string of the molecule is C=C(C)C(=O)OC(COc1c2ccccc2cc2ccc(Oc3ccccc3)cc12)c1ccccc1. The maximum Gasteiger partial charge on any atom is 0.333 e. The van der Waals surface area contributed by atoms with Crippen LogP contribution in [0, 0.1) is 0 Å². The van der Waals surface area contributed by atoms with Gasteiger partial charge in [-0.05, 0) is 53.6 Å². The van der Waals surface area contributed by atoms with Crippen molar-refractivity contribution >= 4 is 27.5 Å². The molecule has 0 fully saturated rings. The summed E-state index contributed by atoms with van der Waals surface area (Å²) in [5.41, 5.74) is 1.19. The molecular formula is C32H26O4. The van der Waals surface area contributed by atoms with Gasteiger partial charge in [-0.1, -0.05) is 85.4 Å². The van der Waals surface area contributed by atoms with Crippen molar-refractivity contribution in [1.29, 1.82) is 0 Å². The van der Waals surface area contributed by atoms with Gasteiger partial charge in [-0.3, -0.25) is 0 Å². The van der Waals surface area contributed by atoms with Crippen LogP contribution in [0.15, 0.2) is 121 Å². The monoisotopic (exact) mass is 474 g/mol. The molecular weight excluding hydrogens is 448 g/mol. The highest BCUT2D eigenvalue weighted by atomic mass is 16.6. The maximum atomic E-state index is 12.4. The van der Waals surface area contributed by atoms with Crippen LogP contribution in [0.5, 0.6) is 17.2 Å². The van der Waals surface area contributed by atoms with E-state index in [0.717, 1.165) is 32.9 Å². The molecule has 5 aromatic carbocycles. The summed E-state index contributed by atoms with van der Waals surface area (Å²) in [6.45, 7) is 5.50. The van der Waals surface area contributed by atoms with Gasteiger partial charge < -0.3 is 14.2 Å². The third-order valence-corrected chi connectivity index (χ3v) is 5.91. The zero-order chi connectivity index (χ0) is 24.9. The fourth-order valence-corrected chi connectivity index (χ4v) is 4.10. The second-order valence-corrected chi connectivity index (χ2v) is 8.62. The highest BCUT2D eigenvalue weighted by Crippen LogP contribution is 2.38. The molecule has 5 rings (SSSR count). The Morgan fingerprint density at radius 3 is 2.17 bits per heavy atom. The summed E-state index contributed by atoms with van der Waals surface area (Å²) in [5.74, 6) is 1.74. The number of fused-ring (bicyclic) bond motifs is 2. The zero-order valence-corrected chi connectivity index (χ0v) is 20.0. The number of ether oxygens (including phenoxy) is 3. The normalized spacial score (nSPS) is 11.7. The lowest BCUT2D eigenvalue weighted by Crippen LogP contribution is -2.18. The van der Waals surface area contributed by atoms with Crippen LogP contribution in [0.2, 0.25) is 0 Å². The molecule has 4 heteroatoms. The Morgan fingerprint density at radius 2 is 1.42 bits per heavy atom. The lowest BCUT2D eigenvalue weighted by atomic mass is 10.0. The molecule has 1 atom stereocenters. The quantitative estimate of drug-likeness (QED) is 0.130. The van der Waals surface area contributed by atoms with Crippen LogP contribution in [0.25, 0.3) is 21.5 Å². The molecule has 0 aliphatic heterocycles. The third-order valence-electron chi connectivity index (χ3n) is 5.91. The van der Waals surface area contributed by atoms with Gasteiger partial charge in [0.1, 0.15) is 23.9 Å². The first-order valence-corrected chi connectivity index (χ1v) is 11.8. The van der Waals surface area contributed by atoms with E-state index in [2.05, 4.69) is 18.7 Å². The molecule has 178 valence electrons. The van der Waals surface area contributed by atoms with Crippen LogP contribution >= 0.6 is 0 Å². The molecule has 5 aromatic rings. The van der Waals surface area contributed by atoms with Gasteiger partial charge in [0.2, 0.25) is 0 Å². The summed E-state index contributed by atoms with van der Waals surface area (Å²) in [6.07, 6.45) is -0.590. The van der Waals surface area contributed by atoms with Crippen LogP contribution in [-0.2, 0) is 9.53 Å². The van der Waals surface area contributed by atoms with Crippen molar-refractivity contribution in [2.24, 2.45) is 0 Å². The van der Waals surface area contributed by atoms with Gasteiger partial charge in [0.25, 0.3) is 0 Å². The lowest BCUT2D eigenvalue weighted by molar-refractivity contribution is -0.146. The van der Waals surface area contributed by atoms with Gasteiger partial charge in [-0.2, -0.15) is 0 Å². The van der Waals surface area contributed by atoms with Crippen molar-refractivity contribution in [3.8, 4) is 17.2 Å². The van der Waals surface area contributed by atoms with Crippen LogP contribution in [0.4, 0.5) is 0 Å². The Morgan fingerprint density at radius 1 is 0.750 bits per heavy atom. The predicted octanol–water partition coefficient (Wildman–Crippen LogP) is 8.02. The van der Waals surface area contributed by atoms with Crippen LogP contribution in [-0.4, -0.2) is 12.6 Å². The molecule has 0 saturated heterocycles. The summed E-state index contributed by atoms with van der Waals surface area (Å²) in [5, 5.41) is 3.98. The van der Waals surface area contributed by atoms with Gasteiger partial charge in [0, 0.05) is 16.3 Å². The fraction of sp³-hybridized carbons (Fsp3) is 0.0938.